The van der Waals surface area contributed by atoms with E-state index in [2.05, 4.69) is 90.8 Å². The first-order valence-electron chi connectivity index (χ1n) is 33.9. The summed E-state index contributed by atoms with van der Waals surface area (Å²) in [7, 11) is -3.01. The molecule has 15 unspecified atom stereocenters. The van der Waals surface area contributed by atoms with Crippen molar-refractivity contribution in [1.29, 1.82) is 0 Å². The second-order valence-electron chi connectivity index (χ2n) is 28.5. The predicted molar refractivity (Wildman–Crippen MR) is 362 cm³/mol. The average Bonchev–Trinajstić information content (AvgIpc) is 1.28. The number of ether oxygens (including phenoxy) is 2. The summed E-state index contributed by atoms with van der Waals surface area (Å²) in [5.41, 5.74) is 23.0. The smallest absolute Gasteiger partial charge is 0.748 e. The monoisotopic (exact) mass is 1290 g/mol. The largest absolute Gasteiger partial charge is 1.00 e. The van der Waals surface area contributed by atoms with E-state index in [0.717, 1.165) is 83.2 Å². The van der Waals surface area contributed by atoms with Gasteiger partial charge in [0.25, 0.3) is 0 Å². The van der Waals surface area contributed by atoms with E-state index in [9.17, 15) is 33.4 Å². The maximum atomic E-state index is 14.4. The van der Waals surface area contributed by atoms with Crippen molar-refractivity contribution in [1.82, 2.24) is 5.32 Å². The molecule has 4 aliphatic carbocycles. The molecule has 5 aliphatic heterocycles. The molecule has 0 spiro atoms. The fourth-order valence-electron chi connectivity index (χ4n) is 18.2. The van der Waals surface area contributed by atoms with E-state index in [1.54, 1.807) is 12.1 Å². The number of nitrogens with zero attached hydrogens (tertiary/aromatic N) is 1. The zero-order chi connectivity index (χ0) is 64.3. The van der Waals surface area contributed by atoms with Crippen molar-refractivity contribution in [2.24, 2.45) is 46.0 Å². The number of aryl methyl sites for hydroxylation is 2. The van der Waals surface area contributed by atoms with Crippen LogP contribution in [0.15, 0.2) is 162 Å². The predicted octanol–water partition coefficient (Wildman–Crippen LogP) is 9.79. The van der Waals surface area contributed by atoms with Crippen LogP contribution in [-0.2, 0) is 46.4 Å². The Kier molecular flexibility index (Phi) is 19.3. The summed E-state index contributed by atoms with van der Waals surface area (Å²) >= 11 is 0. The molecule has 15 heteroatoms. The van der Waals surface area contributed by atoms with Crippen LogP contribution in [0.25, 0.3) is 10.8 Å². The summed E-state index contributed by atoms with van der Waals surface area (Å²) in [6.07, 6.45) is 9.00. The Morgan fingerprint density at radius 2 is 1.62 bits per heavy atom. The molecule has 15 atom stereocenters. The van der Waals surface area contributed by atoms with Crippen molar-refractivity contribution in [3.05, 3.63) is 224 Å². The van der Waals surface area contributed by atoms with Crippen LogP contribution in [0, 0.1) is 41.4 Å². The number of rotatable bonds is 13. The Morgan fingerprint density at radius 3 is 2.38 bits per heavy atom. The molecule has 9 aliphatic rings. The van der Waals surface area contributed by atoms with Crippen LogP contribution in [0.4, 0.5) is 0 Å². The second kappa shape index (κ2) is 27.3. The number of aliphatic imine (C=N–C) groups is 1. The summed E-state index contributed by atoms with van der Waals surface area (Å²) in [6, 6.07) is 49.0. The zero-order valence-corrected chi connectivity index (χ0v) is 57.1. The second-order valence-corrected chi connectivity index (χ2v) is 30.1. The molecule has 9 N–H and O–H groups in total. The molecular formula is C79H87N4NaO9S. The molecule has 13 nitrogen and oxygen atoms in total. The number of phenolic OH excluding ortho intramolecular Hbond substituents is 1. The third kappa shape index (κ3) is 13.2. The number of nitrogens with one attached hydrogen (secondary N) is 1. The molecule has 7 aromatic carbocycles. The third-order valence-electron chi connectivity index (χ3n) is 22.7. The Labute approximate surface area is 575 Å². The van der Waals surface area contributed by atoms with Gasteiger partial charge in [-0.3, -0.25) is 0 Å². The number of nitrogens with two attached hydrogens (primary N) is 2. The van der Waals surface area contributed by atoms with Gasteiger partial charge in [-0.25, -0.2) is 13.4 Å². The minimum absolute atomic E-state index is 0. The molecule has 1 saturated heterocycles. The van der Waals surface area contributed by atoms with Crippen LogP contribution < -0.4 is 51.1 Å². The van der Waals surface area contributed by atoms with Crippen molar-refractivity contribution in [3.63, 3.8) is 0 Å². The Balaban J connectivity index is 0.00000803. The van der Waals surface area contributed by atoms with Crippen LogP contribution >= 0.6 is 0 Å². The summed E-state index contributed by atoms with van der Waals surface area (Å²) in [4.78, 5) is 5.20. The molecule has 0 aromatic heterocycles. The molecular weight excluding hydrogens is 1200 g/mol. The number of aromatic hydroxyl groups is 1. The van der Waals surface area contributed by atoms with E-state index in [0.29, 0.717) is 68.2 Å². The van der Waals surface area contributed by atoms with Gasteiger partial charge in [-0.15, -0.1) is 0 Å². The van der Waals surface area contributed by atoms with Crippen molar-refractivity contribution in [3.8, 4) is 23.3 Å². The molecule has 16 rings (SSSR count). The zero-order valence-electron chi connectivity index (χ0n) is 54.3. The van der Waals surface area contributed by atoms with Gasteiger partial charge in [0.05, 0.1) is 33.2 Å². The van der Waals surface area contributed by atoms with Crippen LogP contribution in [0.5, 0.6) is 11.5 Å². The first-order valence-corrected chi connectivity index (χ1v) is 35.4. The molecule has 5 heterocycles. The molecule has 0 amide bonds. The molecule has 1 saturated carbocycles. The summed E-state index contributed by atoms with van der Waals surface area (Å²) in [6.45, 7) is 2.81. The normalized spacial score (nSPS) is 29.2. The number of benzene rings is 7. The fourth-order valence-corrected chi connectivity index (χ4v) is 19.3. The van der Waals surface area contributed by atoms with E-state index in [1.807, 2.05) is 79.9 Å². The van der Waals surface area contributed by atoms with Gasteiger partial charge >= 0.3 is 29.6 Å². The maximum absolute atomic E-state index is 14.4. The molecule has 484 valence electrons. The van der Waals surface area contributed by atoms with E-state index in [1.165, 1.54) is 27.5 Å². The minimum Gasteiger partial charge on any atom is -0.748 e. The van der Waals surface area contributed by atoms with Gasteiger partial charge in [-0.2, -0.15) is 0 Å². The summed E-state index contributed by atoms with van der Waals surface area (Å²) in [5, 5.41) is 52.1. The summed E-state index contributed by atoms with van der Waals surface area (Å²) in [5.74, 6) is 4.57. The molecule has 10 bridgehead atoms. The molecule has 94 heavy (non-hydrogen) atoms. The quantitative estimate of drug-likeness (QED) is 0.0143. The van der Waals surface area contributed by atoms with Gasteiger partial charge in [0.2, 0.25) is 5.72 Å². The first kappa shape index (κ1) is 66.3. The summed E-state index contributed by atoms with van der Waals surface area (Å²) < 4.78 is 58.1. The standard InChI is InChI=1S/C79H88N4O9S.Na/c1-47-16-17-56-39-64-28-31-66(56)69(47)42-72(93(88,89)90)71-41-60-37-59(40-65-35-49(46-84)11-6-13-55-38-63(85)27-30-67(55)76(60)91-65)74(71)53-22-25-61(26-23-53)79(92-64,83-77(80)81)44-62(34-48-9-4-3-5-10-48)78(87)32-8-15-58(43-78)51-18-20-54(21-19-51)75(86)68-29-24-52-12-7-14-57-33-50(45-82-2)36-70(68)73(52)57;/h3-5,7,9-10,12,14,18-23,25-28,30-31,33,36,38-39,41,47,49,58-59,62,65,68-69,71-72,74-76,82,84-87H,8,11,15-17,24,29,32,34-35,37,40,42-46H2,1-2H3,(H4,80,81,83)(H,88,89,90);/q;+1/p-1. The number of hydrogen-bond acceptors (Lipinski definition) is 11. The number of phenols is 1. The fraction of sp³-hybridized carbons (Fsp3) is 0.430. The number of aliphatic hydroxyl groups is 3. The van der Waals surface area contributed by atoms with E-state index in [-0.39, 0.29) is 102 Å². The average molecular weight is 1290 g/mol. The van der Waals surface area contributed by atoms with Gasteiger partial charge in [0.15, 0.2) is 5.96 Å². The Bertz CT molecular complexity index is 4170. The van der Waals surface area contributed by atoms with E-state index in [4.69, 9.17) is 25.9 Å². The number of allylic oxidation sites excluding steroid dienone is 1. The molecule has 7 aromatic rings. The Morgan fingerprint density at radius 1 is 0.840 bits per heavy atom. The van der Waals surface area contributed by atoms with Crippen molar-refractivity contribution < 1.29 is 72.4 Å². The first-order chi connectivity index (χ1) is 44.9. The Hall–Kier alpha value is -6.32. The van der Waals surface area contributed by atoms with Gasteiger partial charge in [0.1, 0.15) is 17.6 Å². The third-order valence-corrected chi connectivity index (χ3v) is 24.0. The van der Waals surface area contributed by atoms with Crippen molar-refractivity contribution in [2.75, 3.05) is 13.7 Å². The van der Waals surface area contributed by atoms with E-state index < -0.39 is 56.7 Å². The van der Waals surface area contributed by atoms with Gasteiger partial charge in [-0.1, -0.05) is 140 Å². The number of guanidine groups is 1. The van der Waals surface area contributed by atoms with Gasteiger partial charge in [-0.05, 0) is 235 Å². The van der Waals surface area contributed by atoms with Crippen LogP contribution in [0.3, 0.4) is 0 Å². The van der Waals surface area contributed by atoms with E-state index >= 15 is 0 Å². The van der Waals surface area contributed by atoms with Crippen LogP contribution in [0.2, 0.25) is 0 Å². The van der Waals surface area contributed by atoms with Crippen LogP contribution in [-0.4, -0.2) is 70.0 Å². The van der Waals surface area contributed by atoms with Crippen molar-refractivity contribution >= 4 is 26.9 Å². The van der Waals surface area contributed by atoms with Gasteiger partial charge < -0.3 is 51.2 Å². The maximum Gasteiger partial charge on any atom is 1.00 e. The van der Waals surface area contributed by atoms with Crippen LogP contribution in [0.1, 0.15) is 187 Å². The molecule has 2 fully saturated rings. The minimum atomic E-state index is -4.97. The SMILES string of the molecule is CNCc1cc2c3c(cccc3c1)CCC2C(O)c1ccc(C2CCCC(O)(C(Cc3ccccc3)CC3(N=C(N)N)Oc4ccc5c(c4)CCC(C)C5CC(S(=O)(=O)[O-])C4C=C5CC(CC6CC(CO)CC#Cc7cc(O)ccc7C5O6)C4c4ccc3cc4)C2)cc1.[Na+]. The molecule has 0 radical (unpaired) electrons. The topological polar surface area (TPSA) is 233 Å². The number of fused-ring (bicyclic) bond motifs is 8. The number of aliphatic hydroxyl groups excluding tert-OH is 2. The van der Waals surface area contributed by atoms with Gasteiger partial charge in [0, 0.05) is 48.6 Å². The van der Waals surface area contributed by atoms with Crippen molar-refractivity contribution in [2.45, 2.75) is 168 Å². The number of hydrogen-bond donors (Lipinski definition) is 7.